The molecule has 0 bridgehead atoms. The molecule has 3 aromatic rings. The summed E-state index contributed by atoms with van der Waals surface area (Å²) in [4.78, 5) is 27.6. The summed E-state index contributed by atoms with van der Waals surface area (Å²) in [6, 6.07) is 22.0. The first kappa shape index (κ1) is 19.9. The maximum atomic E-state index is 13.2. The summed E-state index contributed by atoms with van der Waals surface area (Å²) in [6.07, 6.45) is 0. The molecule has 0 spiro atoms. The van der Waals surface area contributed by atoms with Crippen molar-refractivity contribution < 1.29 is 9.72 Å². The van der Waals surface area contributed by atoms with E-state index in [0.29, 0.717) is 36.8 Å². The highest BCUT2D eigenvalue weighted by atomic mass is 35.5. The van der Waals surface area contributed by atoms with Crippen molar-refractivity contribution in [3.63, 3.8) is 0 Å². The molecule has 7 heteroatoms. The van der Waals surface area contributed by atoms with Crippen LogP contribution in [0.3, 0.4) is 0 Å². The third kappa shape index (κ3) is 4.00. The third-order valence-electron chi connectivity index (χ3n) is 5.29. The van der Waals surface area contributed by atoms with Gasteiger partial charge in [-0.25, -0.2) is 0 Å². The zero-order valence-electron chi connectivity index (χ0n) is 16.2. The second kappa shape index (κ2) is 8.55. The lowest BCUT2D eigenvalue weighted by atomic mass is 9.98. The van der Waals surface area contributed by atoms with Crippen molar-refractivity contribution in [3.05, 3.63) is 93.5 Å². The molecule has 0 saturated carbocycles. The predicted octanol–water partition coefficient (Wildman–Crippen LogP) is 4.88. The van der Waals surface area contributed by atoms with Crippen LogP contribution in [0.5, 0.6) is 0 Å². The Labute approximate surface area is 179 Å². The fraction of sp³-hybridized carbons (Fsp3) is 0.174. The van der Waals surface area contributed by atoms with Crippen molar-refractivity contribution in [1.82, 2.24) is 4.90 Å². The number of amides is 1. The number of nitro groups is 1. The minimum Gasteiger partial charge on any atom is -0.367 e. The molecule has 1 aliphatic rings. The summed E-state index contributed by atoms with van der Waals surface area (Å²) in [5, 5.41) is 11.3. The first-order valence-corrected chi connectivity index (χ1v) is 10.0. The quantitative estimate of drug-likeness (QED) is 0.445. The Hall–Kier alpha value is -3.38. The van der Waals surface area contributed by atoms with Crippen molar-refractivity contribution in [1.29, 1.82) is 0 Å². The number of rotatable bonds is 4. The molecule has 1 saturated heterocycles. The number of halogens is 1. The monoisotopic (exact) mass is 421 g/mol. The lowest BCUT2D eigenvalue weighted by Gasteiger charge is -2.36. The van der Waals surface area contributed by atoms with Crippen LogP contribution in [0.15, 0.2) is 72.8 Å². The fourth-order valence-electron chi connectivity index (χ4n) is 3.73. The summed E-state index contributed by atoms with van der Waals surface area (Å²) < 4.78 is 0. The van der Waals surface area contributed by atoms with E-state index in [-0.39, 0.29) is 11.6 Å². The summed E-state index contributed by atoms with van der Waals surface area (Å²) >= 11 is 6.26. The Bertz CT molecular complexity index is 1080. The van der Waals surface area contributed by atoms with Crippen molar-refractivity contribution in [2.24, 2.45) is 0 Å². The lowest BCUT2D eigenvalue weighted by Crippen LogP contribution is -2.49. The highest BCUT2D eigenvalue weighted by Gasteiger charge is 2.25. The van der Waals surface area contributed by atoms with Gasteiger partial charge >= 0.3 is 0 Å². The predicted molar refractivity (Wildman–Crippen MR) is 118 cm³/mol. The van der Waals surface area contributed by atoms with Gasteiger partial charge in [0.2, 0.25) is 0 Å². The van der Waals surface area contributed by atoms with E-state index in [2.05, 4.69) is 4.90 Å². The fourth-order valence-corrected chi connectivity index (χ4v) is 4.02. The van der Waals surface area contributed by atoms with Crippen molar-refractivity contribution in [2.75, 3.05) is 31.1 Å². The number of nitro benzene ring substituents is 1. The molecular weight excluding hydrogens is 402 g/mol. The maximum Gasteiger partial charge on any atom is 0.271 e. The summed E-state index contributed by atoms with van der Waals surface area (Å²) in [7, 11) is 0. The number of carbonyl (C=O) groups is 1. The molecule has 0 N–H and O–H groups in total. The Morgan fingerprint density at radius 1 is 0.900 bits per heavy atom. The first-order chi connectivity index (χ1) is 14.5. The van der Waals surface area contributed by atoms with Crippen LogP contribution in [0.25, 0.3) is 11.1 Å². The molecule has 0 aromatic heterocycles. The van der Waals surface area contributed by atoms with Crippen LogP contribution in [-0.4, -0.2) is 41.9 Å². The second-order valence-electron chi connectivity index (χ2n) is 7.08. The van der Waals surface area contributed by atoms with E-state index < -0.39 is 4.92 Å². The number of non-ortho nitro benzene ring substituents is 1. The van der Waals surface area contributed by atoms with Gasteiger partial charge < -0.3 is 9.80 Å². The Balaban J connectivity index is 1.49. The highest BCUT2D eigenvalue weighted by Crippen LogP contribution is 2.31. The largest absolute Gasteiger partial charge is 0.367 e. The number of anilines is 1. The normalized spacial score (nSPS) is 13.9. The van der Waals surface area contributed by atoms with Crippen LogP contribution in [0, 0.1) is 10.1 Å². The molecule has 1 fully saturated rings. The van der Waals surface area contributed by atoms with Crippen LogP contribution < -0.4 is 4.90 Å². The van der Waals surface area contributed by atoms with E-state index in [0.717, 1.165) is 16.8 Å². The Morgan fingerprint density at radius 2 is 1.57 bits per heavy atom. The third-order valence-corrected chi connectivity index (χ3v) is 5.59. The van der Waals surface area contributed by atoms with Gasteiger partial charge in [-0.2, -0.15) is 0 Å². The minimum atomic E-state index is -0.462. The van der Waals surface area contributed by atoms with E-state index in [9.17, 15) is 14.9 Å². The Morgan fingerprint density at radius 3 is 2.23 bits per heavy atom. The molecular formula is C23H20ClN3O3. The van der Waals surface area contributed by atoms with Crippen LogP contribution in [-0.2, 0) is 0 Å². The average molecular weight is 422 g/mol. The summed E-state index contributed by atoms with van der Waals surface area (Å²) in [5.74, 6) is 0.00361. The second-order valence-corrected chi connectivity index (χ2v) is 7.49. The van der Waals surface area contributed by atoms with Gasteiger partial charge in [-0.1, -0.05) is 60.1 Å². The van der Waals surface area contributed by atoms with Crippen molar-refractivity contribution >= 4 is 28.9 Å². The van der Waals surface area contributed by atoms with Gasteiger partial charge in [-0.3, -0.25) is 14.9 Å². The van der Waals surface area contributed by atoms with Crippen LogP contribution in [0.4, 0.5) is 11.4 Å². The topological polar surface area (TPSA) is 66.7 Å². The number of benzene rings is 3. The average Bonchev–Trinajstić information content (AvgIpc) is 2.79. The van der Waals surface area contributed by atoms with Gasteiger partial charge in [0.05, 0.1) is 15.6 Å². The van der Waals surface area contributed by atoms with E-state index in [1.54, 1.807) is 6.07 Å². The lowest BCUT2D eigenvalue weighted by molar-refractivity contribution is -0.384. The highest BCUT2D eigenvalue weighted by molar-refractivity contribution is 6.33. The number of hydrogen-bond donors (Lipinski definition) is 0. The minimum absolute atomic E-state index is 0.00361. The van der Waals surface area contributed by atoms with Crippen LogP contribution in [0.2, 0.25) is 5.02 Å². The van der Waals surface area contributed by atoms with Crippen molar-refractivity contribution in [2.45, 2.75) is 0 Å². The van der Waals surface area contributed by atoms with Gasteiger partial charge in [0, 0.05) is 43.9 Å². The Kier molecular flexibility index (Phi) is 5.68. The molecule has 3 aromatic carbocycles. The first-order valence-electron chi connectivity index (χ1n) is 9.67. The maximum absolute atomic E-state index is 13.2. The van der Waals surface area contributed by atoms with Crippen LogP contribution >= 0.6 is 11.6 Å². The molecule has 30 heavy (non-hydrogen) atoms. The molecule has 0 unspecified atom stereocenters. The smallest absolute Gasteiger partial charge is 0.271 e. The molecule has 0 atom stereocenters. The van der Waals surface area contributed by atoms with Gasteiger partial charge in [0.25, 0.3) is 11.6 Å². The number of piperazine rings is 1. The van der Waals surface area contributed by atoms with Gasteiger partial charge in [-0.15, -0.1) is 0 Å². The molecule has 152 valence electrons. The van der Waals surface area contributed by atoms with Crippen LogP contribution in [0.1, 0.15) is 10.4 Å². The number of nitrogens with zero attached hydrogens (tertiary/aromatic N) is 3. The molecule has 4 rings (SSSR count). The standard InChI is InChI=1S/C23H20ClN3O3/c24-21-16-18(27(29)30)10-11-22(21)25-12-14-26(15-13-25)23(28)20-9-5-4-8-19(20)17-6-2-1-3-7-17/h1-11,16H,12-15H2. The van der Waals surface area contributed by atoms with Gasteiger partial charge in [0.15, 0.2) is 0 Å². The molecule has 6 nitrogen and oxygen atoms in total. The zero-order valence-corrected chi connectivity index (χ0v) is 17.0. The van der Waals surface area contributed by atoms with E-state index in [1.807, 2.05) is 59.5 Å². The van der Waals surface area contributed by atoms with E-state index in [1.165, 1.54) is 12.1 Å². The SMILES string of the molecule is O=C(c1ccccc1-c1ccccc1)N1CCN(c2ccc([N+](=O)[O-])cc2Cl)CC1. The summed E-state index contributed by atoms with van der Waals surface area (Å²) in [5.41, 5.74) is 3.33. The number of carbonyl (C=O) groups excluding carboxylic acids is 1. The molecule has 1 aliphatic heterocycles. The summed E-state index contributed by atoms with van der Waals surface area (Å²) in [6.45, 7) is 2.32. The van der Waals surface area contributed by atoms with E-state index >= 15 is 0 Å². The molecule has 1 amide bonds. The van der Waals surface area contributed by atoms with Gasteiger partial charge in [0.1, 0.15) is 0 Å². The molecule has 0 aliphatic carbocycles. The molecule has 1 heterocycles. The van der Waals surface area contributed by atoms with E-state index in [4.69, 9.17) is 11.6 Å². The number of hydrogen-bond acceptors (Lipinski definition) is 4. The zero-order chi connectivity index (χ0) is 21.1. The molecule has 0 radical (unpaired) electrons. The van der Waals surface area contributed by atoms with Crippen molar-refractivity contribution in [3.8, 4) is 11.1 Å². The van der Waals surface area contributed by atoms with Gasteiger partial charge in [-0.05, 0) is 23.3 Å².